The van der Waals surface area contributed by atoms with Crippen molar-refractivity contribution in [3.05, 3.63) is 30.1 Å². The quantitative estimate of drug-likeness (QED) is 0.731. The fraction of sp³-hybridized carbons (Fsp3) is 0.643. The number of nitrogens with zero attached hydrogens (tertiary/aromatic N) is 2. The van der Waals surface area contributed by atoms with Gasteiger partial charge in [-0.2, -0.15) is 0 Å². The molecule has 17 heavy (non-hydrogen) atoms. The molecule has 1 aliphatic rings. The fourth-order valence-electron chi connectivity index (χ4n) is 2.55. The maximum atomic E-state index is 5.11. The number of methoxy groups -OCH3 is 1. The molecule has 0 aliphatic carbocycles. The Morgan fingerprint density at radius 1 is 1.47 bits per heavy atom. The maximum Gasteiger partial charge on any atom is 0.0474 e. The average molecular weight is 234 g/mol. The summed E-state index contributed by atoms with van der Waals surface area (Å²) in [5.74, 6) is 0.618. The summed E-state index contributed by atoms with van der Waals surface area (Å²) >= 11 is 0. The zero-order chi connectivity index (χ0) is 11.9. The van der Waals surface area contributed by atoms with Crippen LogP contribution in [0.3, 0.4) is 0 Å². The minimum Gasteiger partial charge on any atom is -0.385 e. The Bertz CT molecular complexity index is 315. The molecule has 0 saturated carbocycles. The number of rotatable bonds is 5. The first kappa shape index (κ1) is 12.5. The summed E-state index contributed by atoms with van der Waals surface area (Å²) in [4.78, 5) is 7.03. The lowest BCUT2D eigenvalue weighted by Gasteiger charge is -2.32. The smallest absolute Gasteiger partial charge is 0.0474 e. The molecule has 1 aliphatic heterocycles. The molecule has 0 radical (unpaired) electrons. The molecular weight excluding hydrogens is 212 g/mol. The summed E-state index contributed by atoms with van der Waals surface area (Å²) in [6.45, 7) is 4.40. The molecule has 1 atom stereocenters. The van der Waals surface area contributed by atoms with Crippen LogP contribution in [-0.2, 0) is 4.74 Å². The standard InChI is InChI=1S/C14H22N2O/c1-17-11-5-10-16-9-4-6-13(12-16)14-7-2-3-8-15-14/h2-3,7-8,13H,4-6,9-12H2,1H3/t13-/m1/s1. The number of piperidine rings is 1. The van der Waals surface area contributed by atoms with Gasteiger partial charge in [-0.15, -0.1) is 0 Å². The molecule has 2 heterocycles. The van der Waals surface area contributed by atoms with Gasteiger partial charge in [-0.05, 0) is 37.9 Å². The highest BCUT2D eigenvalue weighted by Crippen LogP contribution is 2.25. The van der Waals surface area contributed by atoms with Crippen LogP contribution in [0.5, 0.6) is 0 Å². The van der Waals surface area contributed by atoms with E-state index in [1.165, 1.54) is 25.1 Å². The maximum absolute atomic E-state index is 5.11. The van der Waals surface area contributed by atoms with Crippen molar-refractivity contribution < 1.29 is 4.74 Å². The molecule has 3 nitrogen and oxygen atoms in total. The Hall–Kier alpha value is -0.930. The molecule has 1 fully saturated rings. The van der Waals surface area contributed by atoms with Crippen molar-refractivity contribution in [2.75, 3.05) is 33.4 Å². The van der Waals surface area contributed by atoms with Crippen LogP contribution in [0, 0.1) is 0 Å². The molecule has 0 amide bonds. The molecule has 0 bridgehead atoms. The van der Waals surface area contributed by atoms with Crippen molar-refractivity contribution in [2.45, 2.75) is 25.2 Å². The zero-order valence-corrected chi connectivity index (χ0v) is 10.6. The predicted octanol–water partition coefficient (Wildman–Crippen LogP) is 2.30. The van der Waals surface area contributed by atoms with Crippen molar-refractivity contribution in [1.29, 1.82) is 0 Å². The Morgan fingerprint density at radius 3 is 3.18 bits per heavy atom. The van der Waals surface area contributed by atoms with Crippen LogP contribution in [0.2, 0.25) is 0 Å². The van der Waals surface area contributed by atoms with Crippen molar-refractivity contribution in [3.8, 4) is 0 Å². The highest BCUT2D eigenvalue weighted by Gasteiger charge is 2.21. The summed E-state index contributed by atoms with van der Waals surface area (Å²) in [5, 5.41) is 0. The molecule has 1 saturated heterocycles. The van der Waals surface area contributed by atoms with Gasteiger partial charge >= 0.3 is 0 Å². The van der Waals surface area contributed by atoms with Gasteiger partial charge in [0.05, 0.1) is 0 Å². The van der Waals surface area contributed by atoms with Gasteiger partial charge in [-0.1, -0.05) is 6.07 Å². The van der Waals surface area contributed by atoms with Crippen LogP contribution < -0.4 is 0 Å². The van der Waals surface area contributed by atoms with Gasteiger partial charge in [-0.25, -0.2) is 0 Å². The number of hydrogen-bond donors (Lipinski definition) is 0. The monoisotopic (exact) mass is 234 g/mol. The highest BCUT2D eigenvalue weighted by molar-refractivity contribution is 5.10. The molecule has 0 unspecified atom stereocenters. The van der Waals surface area contributed by atoms with E-state index in [-0.39, 0.29) is 0 Å². The Kier molecular flexibility index (Phi) is 4.95. The third-order valence-corrected chi connectivity index (χ3v) is 3.43. The number of likely N-dealkylation sites (tertiary alicyclic amines) is 1. The van der Waals surface area contributed by atoms with E-state index in [1.807, 2.05) is 12.3 Å². The molecular formula is C14H22N2O. The van der Waals surface area contributed by atoms with Crippen molar-refractivity contribution in [2.24, 2.45) is 0 Å². The Morgan fingerprint density at radius 2 is 2.41 bits per heavy atom. The van der Waals surface area contributed by atoms with Crippen molar-refractivity contribution in [1.82, 2.24) is 9.88 Å². The lowest BCUT2D eigenvalue weighted by Crippen LogP contribution is -2.35. The van der Waals surface area contributed by atoms with Crippen LogP contribution in [-0.4, -0.2) is 43.2 Å². The summed E-state index contributed by atoms with van der Waals surface area (Å²) in [6.07, 6.45) is 5.59. The minimum absolute atomic E-state index is 0.618. The van der Waals surface area contributed by atoms with E-state index in [0.29, 0.717) is 5.92 Å². The van der Waals surface area contributed by atoms with E-state index in [4.69, 9.17) is 4.74 Å². The fourth-order valence-corrected chi connectivity index (χ4v) is 2.55. The van der Waals surface area contributed by atoms with Crippen LogP contribution >= 0.6 is 0 Å². The first-order valence-corrected chi connectivity index (χ1v) is 6.52. The lowest BCUT2D eigenvalue weighted by atomic mass is 9.94. The molecule has 0 N–H and O–H groups in total. The largest absolute Gasteiger partial charge is 0.385 e. The minimum atomic E-state index is 0.618. The van der Waals surface area contributed by atoms with Gasteiger partial charge < -0.3 is 9.64 Å². The first-order valence-electron chi connectivity index (χ1n) is 6.52. The lowest BCUT2D eigenvalue weighted by molar-refractivity contribution is 0.155. The second kappa shape index (κ2) is 6.72. The van der Waals surface area contributed by atoms with E-state index < -0.39 is 0 Å². The second-order valence-corrected chi connectivity index (χ2v) is 4.74. The van der Waals surface area contributed by atoms with Gasteiger partial charge in [0, 0.05) is 44.6 Å². The first-order chi connectivity index (χ1) is 8.40. The topological polar surface area (TPSA) is 25.4 Å². The number of pyridine rings is 1. The molecule has 3 heteroatoms. The van der Waals surface area contributed by atoms with Crippen molar-refractivity contribution in [3.63, 3.8) is 0 Å². The van der Waals surface area contributed by atoms with Gasteiger partial charge in [0.2, 0.25) is 0 Å². The van der Waals surface area contributed by atoms with E-state index in [0.717, 1.165) is 26.1 Å². The molecule has 94 valence electrons. The molecule has 0 aromatic carbocycles. The van der Waals surface area contributed by atoms with Crippen LogP contribution in [0.1, 0.15) is 30.9 Å². The predicted molar refractivity (Wildman–Crippen MR) is 69.1 cm³/mol. The van der Waals surface area contributed by atoms with Gasteiger partial charge in [0.1, 0.15) is 0 Å². The van der Waals surface area contributed by atoms with Crippen molar-refractivity contribution >= 4 is 0 Å². The second-order valence-electron chi connectivity index (χ2n) is 4.74. The number of hydrogen-bond acceptors (Lipinski definition) is 3. The zero-order valence-electron chi connectivity index (χ0n) is 10.6. The third-order valence-electron chi connectivity index (χ3n) is 3.43. The average Bonchev–Trinajstić information content (AvgIpc) is 2.41. The van der Waals surface area contributed by atoms with Gasteiger partial charge in [-0.3, -0.25) is 4.98 Å². The number of ether oxygens (including phenoxy) is 1. The molecule has 1 aromatic heterocycles. The Balaban J connectivity index is 1.84. The highest BCUT2D eigenvalue weighted by atomic mass is 16.5. The SMILES string of the molecule is COCCCN1CCC[C@@H](c2ccccn2)C1. The summed E-state index contributed by atoms with van der Waals surface area (Å²) in [6, 6.07) is 6.23. The number of aromatic nitrogens is 1. The normalized spacial score (nSPS) is 21.6. The molecule has 0 spiro atoms. The molecule has 1 aromatic rings. The molecule has 2 rings (SSSR count). The van der Waals surface area contributed by atoms with E-state index >= 15 is 0 Å². The Labute approximate surface area is 104 Å². The third kappa shape index (κ3) is 3.79. The van der Waals surface area contributed by atoms with E-state index in [9.17, 15) is 0 Å². The van der Waals surface area contributed by atoms with Crippen LogP contribution in [0.4, 0.5) is 0 Å². The summed E-state index contributed by atoms with van der Waals surface area (Å²) in [5.41, 5.74) is 1.25. The van der Waals surface area contributed by atoms with Gasteiger partial charge in [0.15, 0.2) is 0 Å². The van der Waals surface area contributed by atoms with Gasteiger partial charge in [0.25, 0.3) is 0 Å². The van der Waals surface area contributed by atoms with E-state index in [2.05, 4.69) is 22.0 Å². The van der Waals surface area contributed by atoms with E-state index in [1.54, 1.807) is 7.11 Å². The summed E-state index contributed by atoms with van der Waals surface area (Å²) in [7, 11) is 1.77. The van der Waals surface area contributed by atoms with Crippen LogP contribution in [0.25, 0.3) is 0 Å². The van der Waals surface area contributed by atoms with Crippen LogP contribution in [0.15, 0.2) is 24.4 Å². The summed E-state index contributed by atoms with van der Waals surface area (Å²) < 4.78 is 5.11.